The Morgan fingerprint density at radius 2 is 2.11 bits per heavy atom. The molecule has 1 N–H and O–H groups in total. The summed E-state index contributed by atoms with van der Waals surface area (Å²) in [5, 5.41) is 8.88. The number of carboxylic acid groups (broad SMARTS) is 1. The van der Waals surface area contributed by atoms with Gasteiger partial charge in [0.15, 0.2) is 0 Å². The monoisotopic (exact) mass is 244 g/mol. The van der Waals surface area contributed by atoms with E-state index in [2.05, 4.69) is 18.2 Å². The summed E-state index contributed by atoms with van der Waals surface area (Å²) in [6.45, 7) is 1.57. The Bertz CT molecular complexity index is 510. The summed E-state index contributed by atoms with van der Waals surface area (Å²) in [6.07, 6.45) is 6.51. The fraction of sp³-hybridized carbons (Fsp3) is 0.400. The van der Waals surface area contributed by atoms with Gasteiger partial charge < -0.3 is 9.84 Å². The van der Waals surface area contributed by atoms with Crippen molar-refractivity contribution in [3.63, 3.8) is 0 Å². The molecule has 3 nitrogen and oxygen atoms in total. The minimum Gasteiger partial charge on any atom is -0.481 e. The van der Waals surface area contributed by atoms with Gasteiger partial charge in [-0.1, -0.05) is 30.4 Å². The quantitative estimate of drug-likeness (QED) is 0.868. The van der Waals surface area contributed by atoms with Gasteiger partial charge >= 0.3 is 5.97 Å². The Morgan fingerprint density at radius 1 is 1.33 bits per heavy atom. The highest BCUT2D eigenvalue weighted by Gasteiger charge is 2.36. The third-order valence-electron chi connectivity index (χ3n) is 3.98. The van der Waals surface area contributed by atoms with Crippen molar-refractivity contribution in [2.45, 2.75) is 24.7 Å². The Labute approximate surface area is 106 Å². The molecule has 1 saturated heterocycles. The predicted molar refractivity (Wildman–Crippen MR) is 68.5 cm³/mol. The van der Waals surface area contributed by atoms with Crippen LogP contribution in [0.15, 0.2) is 24.3 Å². The lowest BCUT2D eigenvalue weighted by Gasteiger charge is -2.33. The molecule has 1 heterocycles. The van der Waals surface area contributed by atoms with Crippen LogP contribution in [-0.2, 0) is 21.4 Å². The van der Waals surface area contributed by atoms with Gasteiger partial charge in [-0.25, -0.2) is 0 Å². The lowest BCUT2D eigenvalue weighted by Crippen LogP contribution is -2.30. The second-order valence-electron chi connectivity index (χ2n) is 5.09. The maximum absolute atomic E-state index is 10.8. The summed E-state index contributed by atoms with van der Waals surface area (Å²) in [6, 6.07) is 6.01. The van der Waals surface area contributed by atoms with Crippen LogP contribution in [0.3, 0.4) is 0 Å². The van der Waals surface area contributed by atoms with Crippen molar-refractivity contribution < 1.29 is 14.6 Å². The molecule has 0 amide bonds. The first-order valence-corrected chi connectivity index (χ1v) is 6.32. The highest BCUT2D eigenvalue weighted by molar-refractivity contribution is 5.72. The van der Waals surface area contributed by atoms with E-state index >= 15 is 0 Å². The molecular formula is C15H16O3. The maximum Gasteiger partial charge on any atom is 0.307 e. The van der Waals surface area contributed by atoms with Crippen molar-refractivity contribution in [3.8, 4) is 0 Å². The number of benzene rings is 1. The number of allylic oxidation sites excluding steroid dienone is 1. The summed E-state index contributed by atoms with van der Waals surface area (Å²) in [4.78, 5) is 10.8. The molecular weight excluding hydrogens is 228 g/mol. The average Bonchev–Trinajstić information content (AvgIpc) is 2.69. The van der Waals surface area contributed by atoms with E-state index in [1.807, 2.05) is 12.1 Å². The topological polar surface area (TPSA) is 46.5 Å². The van der Waals surface area contributed by atoms with Crippen LogP contribution in [0.25, 0.3) is 6.08 Å². The van der Waals surface area contributed by atoms with Crippen molar-refractivity contribution >= 4 is 12.0 Å². The van der Waals surface area contributed by atoms with Crippen LogP contribution in [-0.4, -0.2) is 24.3 Å². The molecule has 1 aromatic carbocycles. The van der Waals surface area contributed by atoms with Crippen LogP contribution in [0.4, 0.5) is 0 Å². The van der Waals surface area contributed by atoms with Crippen LogP contribution in [0.5, 0.6) is 0 Å². The molecule has 94 valence electrons. The van der Waals surface area contributed by atoms with Crippen LogP contribution >= 0.6 is 0 Å². The lowest BCUT2D eigenvalue weighted by molar-refractivity contribution is -0.136. The summed E-state index contributed by atoms with van der Waals surface area (Å²) in [7, 11) is 0. The standard InChI is InChI=1S/C15H16O3/c16-14(17)10-11-1-2-12-3-4-15(13(12)9-11)5-7-18-8-6-15/h1-4,9H,5-8,10H2,(H,16,17). The van der Waals surface area contributed by atoms with E-state index in [1.165, 1.54) is 11.1 Å². The number of aliphatic carboxylic acids is 1. The zero-order valence-electron chi connectivity index (χ0n) is 10.2. The molecule has 3 rings (SSSR count). The van der Waals surface area contributed by atoms with Crippen molar-refractivity contribution in [3.05, 3.63) is 41.0 Å². The minimum atomic E-state index is -0.776. The van der Waals surface area contributed by atoms with Gasteiger partial charge in [-0.15, -0.1) is 0 Å². The van der Waals surface area contributed by atoms with Crippen molar-refractivity contribution in [1.29, 1.82) is 0 Å². The van der Waals surface area contributed by atoms with E-state index in [-0.39, 0.29) is 11.8 Å². The van der Waals surface area contributed by atoms with Crippen molar-refractivity contribution in [1.82, 2.24) is 0 Å². The smallest absolute Gasteiger partial charge is 0.307 e. The molecule has 3 heteroatoms. The number of hydrogen-bond donors (Lipinski definition) is 1. The summed E-state index contributed by atoms with van der Waals surface area (Å²) < 4.78 is 5.44. The number of ether oxygens (including phenoxy) is 1. The summed E-state index contributed by atoms with van der Waals surface area (Å²) in [5.41, 5.74) is 3.48. The van der Waals surface area contributed by atoms with Gasteiger partial charge in [0.25, 0.3) is 0 Å². The first-order chi connectivity index (χ1) is 8.70. The molecule has 0 atom stereocenters. The summed E-state index contributed by atoms with van der Waals surface area (Å²) >= 11 is 0. The maximum atomic E-state index is 10.8. The molecule has 1 fully saturated rings. The number of fused-ring (bicyclic) bond motifs is 2. The highest BCUT2D eigenvalue weighted by atomic mass is 16.5. The van der Waals surface area contributed by atoms with Gasteiger partial charge in [0.05, 0.1) is 6.42 Å². The van der Waals surface area contributed by atoms with E-state index in [0.29, 0.717) is 0 Å². The van der Waals surface area contributed by atoms with Gasteiger partial charge in [-0.2, -0.15) is 0 Å². The van der Waals surface area contributed by atoms with Gasteiger partial charge in [0.2, 0.25) is 0 Å². The van der Waals surface area contributed by atoms with Gasteiger partial charge in [0.1, 0.15) is 0 Å². The molecule has 0 unspecified atom stereocenters. The largest absolute Gasteiger partial charge is 0.481 e. The van der Waals surface area contributed by atoms with E-state index in [1.54, 1.807) is 0 Å². The first-order valence-electron chi connectivity index (χ1n) is 6.32. The molecule has 0 aromatic heterocycles. The molecule has 1 spiro atoms. The van der Waals surface area contributed by atoms with Gasteiger partial charge in [0, 0.05) is 18.6 Å². The van der Waals surface area contributed by atoms with Crippen LogP contribution in [0, 0.1) is 0 Å². The molecule has 18 heavy (non-hydrogen) atoms. The van der Waals surface area contributed by atoms with Crippen LogP contribution < -0.4 is 0 Å². The third kappa shape index (κ3) is 1.85. The van der Waals surface area contributed by atoms with E-state index < -0.39 is 5.97 Å². The fourth-order valence-electron chi connectivity index (χ4n) is 2.98. The van der Waals surface area contributed by atoms with E-state index in [0.717, 1.165) is 31.6 Å². The second kappa shape index (κ2) is 4.25. The lowest BCUT2D eigenvalue weighted by atomic mass is 9.75. The number of hydrogen-bond acceptors (Lipinski definition) is 2. The normalized spacial score (nSPS) is 20.0. The highest BCUT2D eigenvalue weighted by Crippen LogP contribution is 2.43. The number of rotatable bonds is 2. The Morgan fingerprint density at radius 3 is 2.83 bits per heavy atom. The Balaban J connectivity index is 1.97. The molecule has 1 aromatic rings. The zero-order chi connectivity index (χ0) is 12.6. The van der Waals surface area contributed by atoms with Crippen LogP contribution in [0.2, 0.25) is 0 Å². The van der Waals surface area contributed by atoms with Gasteiger partial charge in [-0.3, -0.25) is 4.79 Å². The second-order valence-corrected chi connectivity index (χ2v) is 5.09. The zero-order valence-corrected chi connectivity index (χ0v) is 10.2. The Kier molecular flexibility index (Phi) is 2.71. The molecule has 1 aliphatic heterocycles. The van der Waals surface area contributed by atoms with E-state index in [9.17, 15) is 4.79 Å². The molecule has 0 bridgehead atoms. The fourth-order valence-corrected chi connectivity index (χ4v) is 2.98. The number of carboxylic acids is 1. The van der Waals surface area contributed by atoms with Crippen molar-refractivity contribution in [2.75, 3.05) is 13.2 Å². The molecule has 2 aliphatic rings. The van der Waals surface area contributed by atoms with Crippen LogP contribution in [0.1, 0.15) is 29.5 Å². The third-order valence-corrected chi connectivity index (χ3v) is 3.98. The van der Waals surface area contributed by atoms with E-state index in [4.69, 9.17) is 9.84 Å². The van der Waals surface area contributed by atoms with Gasteiger partial charge in [-0.05, 0) is 29.5 Å². The SMILES string of the molecule is O=C(O)Cc1ccc2c(c1)C1(C=C2)CCOCC1. The Hall–Kier alpha value is -1.61. The summed E-state index contributed by atoms with van der Waals surface area (Å²) in [5.74, 6) is -0.776. The molecule has 0 saturated carbocycles. The average molecular weight is 244 g/mol. The molecule has 1 aliphatic carbocycles. The first kappa shape index (κ1) is 11.5. The molecule has 0 radical (unpaired) electrons. The predicted octanol–water partition coefficient (Wildman–Crippen LogP) is 2.39. The minimum absolute atomic E-state index is 0.0854. The van der Waals surface area contributed by atoms with Crippen molar-refractivity contribution in [2.24, 2.45) is 0 Å². The number of carbonyl (C=O) groups is 1.